The van der Waals surface area contributed by atoms with Gasteiger partial charge < -0.3 is 14.8 Å². The van der Waals surface area contributed by atoms with Crippen molar-refractivity contribution in [3.63, 3.8) is 0 Å². The van der Waals surface area contributed by atoms with Crippen molar-refractivity contribution in [2.24, 2.45) is 0 Å². The molecule has 0 radical (unpaired) electrons. The first kappa shape index (κ1) is 17.5. The maximum atomic E-state index is 6.55. The van der Waals surface area contributed by atoms with E-state index in [-0.39, 0.29) is 0 Å². The highest BCUT2D eigenvalue weighted by Crippen LogP contribution is 2.42. The summed E-state index contributed by atoms with van der Waals surface area (Å²) < 4.78 is 10.8. The number of pyridine rings is 2. The predicted molar refractivity (Wildman–Crippen MR) is 101 cm³/mol. The minimum absolute atomic E-state index is 0.521. The topological polar surface area (TPSA) is 56.3 Å². The summed E-state index contributed by atoms with van der Waals surface area (Å²) in [6.45, 7) is 2.68. The van der Waals surface area contributed by atoms with Crippen LogP contribution in [0, 0.1) is 6.92 Å². The van der Waals surface area contributed by atoms with Gasteiger partial charge in [0.05, 0.1) is 30.6 Å². The second kappa shape index (κ2) is 7.25. The van der Waals surface area contributed by atoms with Crippen molar-refractivity contribution in [1.82, 2.24) is 15.3 Å². The molecule has 0 saturated heterocycles. The minimum atomic E-state index is 0.521. The van der Waals surface area contributed by atoms with Crippen molar-refractivity contribution in [2.75, 3.05) is 21.3 Å². The molecule has 25 heavy (non-hydrogen) atoms. The van der Waals surface area contributed by atoms with Gasteiger partial charge >= 0.3 is 0 Å². The van der Waals surface area contributed by atoms with E-state index >= 15 is 0 Å². The van der Waals surface area contributed by atoms with Crippen LogP contribution in [-0.4, -0.2) is 31.2 Å². The summed E-state index contributed by atoms with van der Waals surface area (Å²) in [6, 6.07) is 5.80. The quantitative estimate of drug-likeness (QED) is 0.748. The Morgan fingerprint density at radius 3 is 2.36 bits per heavy atom. The number of halogens is 1. The number of hydrogen-bond donors (Lipinski definition) is 1. The monoisotopic (exact) mass is 357 g/mol. The maximum absolute atomic E-state index is 6.55. The van der Waals surface area contributed by atoms with E-state index in [4.69, 9.17) is 21.1 Å². The molecule has 0 saturated carbocycles. The third-order valence-electron chi connectivity index (χ3n) is 4.16. The number of fused-ring (bicyclic) bond motifs is 1. The molecule has 1 aromatic carbocycles. The van der Waals surface area contributed by atoms with Gasteiger partial charge in [-0.2, -0.15) is 0 Å². The van der Waals surface area contributed by atoms with Gasteiger partial charge in [0.2, 0.25) is 0 Å². The largest absolute Gasteiger partial charge is 0.496 e. The molecule has 1 N–H and O–H groups in total. The fourth-order valence-corrected chi connectivity index (χ4v) is 3.23. The van der Waals surface area contributed by atoms with E-state index in [0.29, 0.717) is 16.5 Å². The number of nitrogens with zero attached hydrogens (tertiary/aromatic N) is 2. The summed E-state index contributed by atoms with van der Waals surface area (Å²) in [4.78, 5) is 9.08. The summed E-state index contributed by atoms with van der Waals surface area (Å²) >= 11 is 6.55. The van der Waals surface area contributed by atoms with Crippen LogP contribution in [-0.2, 0) is 6.54 Å². The fraction of sp³-hybridized carbons (Fsp3) is 0.263. The van der Waals surface area contributed by atoms with E-state index in [1.165, 1.54) is 0 Å². The van der Waals surface area contributed by atoms with Crippen LogP contribution in [0.3, 0.4) is 0 Å². The van der Waals surface area contributed by atoms with Crippen molar-refractivity contribution < 1.29 is 9.47 Å². The average Bonchev–Trinajstić information content (AvgIpc) is 2.62. The first-order valence-electron chi connectivity index (χ1n) is 7.89. The van der Waals surface area contributed by atoms with Gasteiger partial charge in [0.15, 0.2) is 0 Å². The summed E-state index contributed by atoms with van der Waals surface area (Å²) in [5.74, 6) is 1.27. The number of hydrogen-bond acceptors (Lipinski definition) is 5. The third-order valence-corrected chi connectivity index (χ3v) is 4.53. The second-order valence-corrected chi connectivity index (χ2v) is 6.10. The van der Waals surface area contributed by atoms with Gasteiger partial charge in [0.25, 0.3) is 0 Å². The summed E-state index contributed by atoms with van der Waals surface area (Å²) in [5.41, 5.74) is 3.45. The molecule has 0 aliphatic heterocycles. The lowest BCUT2D eigenvalue weighted by molar-refractivity contribution is 0.393. The molecule has 130 valence electrons. The van der Waals surface area contributed by atoms with E-state index in [2.05, 4.69) is 15.3 Å². The predicted octanol–water partition coefficient (Wildman–Crippen LogP) is 4.00. The Bertz CT molecular complexity index is 900. The summed E-state index contributed by atoms with van der Waals surface area (Å²) in [6.07, 6.45) is 3.70. The molecule has 0 unspecified atom stereocenters. The highest BCUT2D eigenvalue weighted by Gasteiger charge is 2.18. The first-order chi connectivity index (χ1) is 12.1. The van der Waals surface area contributed by atoms with Gasteiger partial charge in [-0.3, -0.25) is 9.97 Å². The van der Waals surface area contributed by atoms with Gasteiger partial charge in [0, 0.05) is 46.9 Å². The van der Waals surface area contributed by atoms with Crippen molar-refractivity contribution in [2.45, 2.75) is 13.5 Å². The standard InChI is InChI=1S/C19H20ClN3O2/c1-11-16(24-3)7-17(25-4)19(20)18(11)15-6-13-8-22-14(10-21-2)5-12(13)9-23-15/h5-9,21H,10H2,1-4H3. The number of aromatic nitrogens is 2. The second-order valence-electron chi connectivity index (χ2n) is 5.72. The Balaban J connectivity index is 2.17. The number of benzene rings is 1. The van der Waals surface area contributed by atoms with Crippen LogP contribution in [0.2, 0.25) is 5.02 Å². The molecule has 0 spiro atoms. The SMILES string of the molecule is CNCc1cc2cnc(-c3c(C)c(OC)cc(OC)c3Cl)cc2cn1. The van der Waals surface area contributed by atoms with E-state index in [1.54, 1.807) is 20.3 Å². The molecule has 3 rings (SSSR count). The lowest BCUT2D eigenvalue weighted by Crippen LogP contribution is -2.06. The van der Waals surface area contributed by atoms with Crippen LogP contribution < -0.4 is 14.8 Å². The van der Waals surface area contributed by atoms with Crippen molar-refractivity contribution >= 4 is 22.4 Å². The number of rotatable bonds is 5. The van der Waals surface area contributed by atoms with Crippen molar-refractivity contribution in [1.29, 1.82) is 0 Å². The van der Waals surface area contributed by atoms with Crippen LogP contribution in [0.4, 0.5) is 0 Å². The average molecular weight is 358 g/mol. The van der Waals surface area contributed by atoms with Crippen molar-refractivity contribution in [3.8, 4) is 22.8 Å². The number of methoxy groups -OCH3 is 2. The molecule has 0 atom stereocenters. The van der Waals surface area contributed by atoms with Crippen LogP contribution in [0.25, 0.3) is 22.0 Å². The Hall–Kier alpha value is -2.37. The molecular weight excluding hydrogens is 338 g/mol. The molecule has 2 heterocycles. The van der Waals surface area contributed by atoms with Gasteiger partial charge in [-0.15, -0.1) is 0 Å². The highest BCUT2D eigenvalue weighted by molar-refractivity contribution is 6.35. The molecule has 5 nitrogen and oxygen atoms in total. The molecular formula is C19H20ClN3O2. The minimum Gasteiger partial charge on any atom is -0.496 e. The molecule has 0 aliphatic rings. The van der Waals surface area contributed by atoms with Crippen molar-refractivity contribution in [3.05, 3.63) is 46.9 Å². The fourth-order valence-electron chi connectivity index (χ4n) is 2.86. The lowest BCUT2D eigenvalue weighted by Gasteiger charge is -2.16. The first-order valence-corrected chi connectivity index (χ1v) is 8.27. The maximum Gasteiger partial charge on any atom is 0.141 e. The van der Waals surface area contributed by atoms with Gasteiger partial charge in [-0.1, -0.05) is 11.6 Å². The smallest absolute Gasteiger partial charge is 0.141 e. The normalized spacial score (nSPS) is 10.9. The van der Waals surface area contributed by atoms with Crippen LogP contribution in [0.15, 0.2) is 30.6 Å². The van der Waals surface area contributed by atoms with Crippen LogP contribution in [0.1, 0.15) is 11.3 Å². The third kappa shape index (κ3) is 3.25. The number of ether oxygens (including phenoxy) is 2. The molecule has 2 aromatic heterocycles. The highest BCUT2D eigenvalue weighted by atomic mass is 35.5. The Labute approximate surface area is 152 Å². The van der Waals surface area contributed by atoms with E-state index in [9.17, 15) is 0 Å². The van der Waals surface area contributed by atoms with Gasteiger partial charge in [-0.05, 0) is 26.1 Å². The Morgan fingerprint density at radius 2 is 1.68 bits per heavy atom. The Morgan fingerprint density at radius 1 is 1.00 bits per heavy atom. The summed E-state index contributed by atoms with van der Waals surface area (Å²) in [7, 11) is 5.11. The molecule has 6 heteroatoms. The number of nitrogens with one attached hydrogen (secondary N) is 1. The molecule has 0 amide bonds. The zero-order valence-corrected chi connectivity index (χ0v) is 15.4. The van der Waals surface area contributed by atoms with Gasteiger partial charge in [0.1, 0.15) is 11.5 Å². The Kier molecular flexibility index (Phi) is 5.06. The molecule has 0 aliphatic carbocycles. The zero-order chi connectivity index (χ0) is 18.0. The van der Waals surface area contributed by atoms with Crippen LogP contribution in [0.5, 0.6) is 11.5 Å². The molecule has 0 bridgehead atoms. The zero-order valence-electron chi connectivity index (χ0n) is 14.7. The lowest BCUT2D eigenvalue weighted by atomic mass is 10.0. The van der Waals surface area contributed by atoms with Gasteiger partial charge in [-0.25, -0.2) is 0 Å². The molecule has 0 fully saturated rings. The van der Waals surface area contributed by atoms with E-state index in [0.717, 1.165) is 39.8 Å². The van der Waals surface area contributed by atoms with E-state index < -0.39 is 0 Å². The van der Waals surface area contributed by atoms with E-state index in [1.807, 2.05) is 38.5 Å². The molecule has 3 aromatic rings. The summed E-state index contributed by atoms with van der Waals surface area (Å²) in [5, 5.41) is 5.66. The van der Waals surface area contributed by atoms with Crippen LogP contribution >= 0.6 is 11.6 Å².